The van der Waals surface area contributed by atoms with E-state index < -0.39 is 0 Å². The van der Waals surface area contributed by atoms with E-state index in [-0.39, 0.29) is 5.91 Å². The highest BCUT2D eigenvalue weighted by Crippen LogP contribution is 2.25. The van der Waals surface area contributed by atoms with Gasteiger partial charge in [0.25, 0.3) is 5.91 Å². The van der Waals surface area contributed by atoms with Gasteiger partial charge < -0.3 is 15.0 Å². The van der Waals surface area contributed by atoms with Crippen LogP contribution in [0.1, 0.15) is 43.0 Å². The molecule has 134 valence electrons. The van der Waals surface area contributed by atoms with Crippen molar-refractivity contribution in [3.05, 3.63) is 42.0 Å². The molecular weight excluding hydrogens is 312 g/mol. The first-order valence-corrected chi connectivity index (χ1v) is 9.28. The molecule has 1 atom stereocenters. The van der Waals surface area contributed by atoms with E-state index in [1.807, 2.05) is 36.4 Å². The van der Waals surface area contributed by atoms with E-state index in [9.17, 15) is 4.79 Å². The SMILES string of the molecule is COc1cc2ccccc2cc1C(=O)NCCCN1CCCC[C@@H]1C. The Hall–Kier alpha value is -2.07. The molecule has 0 radical (unpaired) electrons. The number of amides is 1. The third-order valence-corrected chi connectivity index (χ3v) is 5.16. The number of nitrogens with one attached hydrogen (secondary N) is 1. The number of benzene rings is 2. The average molecular weight is 340 g/mol. The number of likely N-dealkylation sites (tertiary alicyclic amines) is 1. The molecule has 0 aromatic heterocycles. The Kier molecular flexibility index (Phi) is 5.92. The largest absolute Gasteiger partial charge is 0.496 e. The maximum Gasteiger partial charge on any atom is 0.255 e. The van der Waals surface area contributed by atoms with Gasteiger partial charge in [0.15, 0.2) is 0 Å². The van der Waals surface area contributed by atoms with Gasteiger partial charge in [-0.2, -0.15) is 0 Å². The number of nitrogens with zero attached hydrogens (tertiary/aromatic N) is 1. The highest BCUT2D eigenvalue weighted by atomic mass is 16.5. The van der Waals surface area contributed by atoms with Crippen LogP contribution in [0.3, 0.4) is 0 Å². The molecule has 1 fully saturated rings. The summed E-state index contributed by atoms with van der Waals surface area (Å²) in [5, 5.41) is 5.18. The lowest BCUT2D eigenvalue weighted by atomic mass is 10.0. The van der Waals surface area contributed by atoms with Crippen molar-refractivity contribution < 1.29 is 9.53 Å². The summed E-state index contributed by atoms with van der Waals surface area (Å²) in [6, 6.07) is 12.5. The molecule has 1 aliphatic rings. The van der Waals surface area contributed by atoms with Gasteiger partial charge in [-0.25, -0.2) is 0 Å². The van der Waals surface area contributed by atoms with Crippen molar-refractivity contribution in [2.45, 2.75) is 38.6 Å². The van der Waals surface area contributed by atoms with Crippen LogP contribution < -0.4 is 10.1 Å². The lowest BCUT2D eigenvalue weighted by molar-refractivity contribution is 0.0946. The molecule has 25 heavy (non-hydrogen) atoms. The number of ether oxygens (including phenoxy) is 1. The van der Waals surface area contributed by atoms with Crippen LogP contribution in [0.15, 0.2) is 36.4 Å². The van der Waals surface area contributed by atoms with Crippen molar-refractivity contribution in [3.8, 4) is 5.75 Å². The first-order chi connectivity index (χ1) is 12.2. The maximum atomic E-state index is 12.6. The molecule has 2 aromatic rings. The van der Waals surface area contributed by atoms with Crippen LogP contribution in [0.4, 0.5) is 0 Å². The van der Waals surface area contributed by atoms with Crippen LogP contribution in [0.2, 0.25) is 0 Å². The zero-order valence-electron chi connectivity index (χ0n) is 15.3. The molecule has 3 rings (SSSR count). The Morgan fingerprint density at radius 1 is 1.24 bits per heavy atom. The summed E-state index contributed by atoms with van der Waals surface area (Å²) in [7, 11) is 1.61. The van der Waals surface area contributed by atoms with E-state index in [0.29, 0.717) is 23.9 Å². The predicted molar refractivity (Wildman–Crippen MR) is 102 cm³/mol. The monoisotopic (exact) mass is 340 g/mol. The zero-order valence-corrected chi connectivity index (χ0v) is 15.3. The van der Waals surface area contributed by atoms with Gasteiger partial charge in [-0.3, -0.25) is 4.79 Å². The van der Waals surface area contributed by atoms with Gasteiger partial charge in [0.05, 0.1) is 12.7 Å². The number of piperidine rings is 1. The topological polar surface area (TPSA) is 41.6 Å². The van der Waals surface area contributed by atoms with Crippen molar-refractivity contribution in [1.29, 1.82) is 0 Å². The molecule has 0 aliphatic carbocycles. The normalized spacial score (nSPS) is 18.2. The molecule has 1 saturated heterocycles. The smallest absolute Gasteiger partial charge is 0.255 e. The van der Waals surface area contributed by atoms with Gasteiger partial charge in [-0.05, 0) is 55.6 Å². The summed E-state index contributed by atoms with van der Waals surface area (Å²) in [4.78, 5) is 15.1. The number of rotatable bonds is 6. The summed E-state index contributed by atoms with van der Waals surface area (Å²) in [5.41, 5.74) is 0.604. The minimum Gasteiger partial charge on any atom is -0.496 e. The Bertz CT molecular complexity index is 729. The summed E-state index contributed by atoms with van der Waals surface area (Å²) in [6.07, 6.45) is 4.91. The van der Waals surface area contributed by atoms with Crippen LogP contribution in [-0.4, -0.2) is 43.6 Å². The molecule has 2 aromatic carbocycles. The van der Waals surface area contributed by atoms with Crippen molar-refractivity contribution in [1.82, 2.24) is 10.2 Å². The second-order valence-corrected chi connectivity index (χ2v) is 6.89. The summed E-state index contributed by atoms with van der Waals surface area (Å²) >= 11 is 0. The fourth-order valence-electron chi connectivity index (χ4n) is 3.63. The van der Waals surface area contributed by atoms with Crippen LogP contribution >= 0.6 is 0 Å². The maximum absolute atomic E-state index is 12.6. The molecule has 1 N–H and O–H groups in total. The van der Waals surface area contributed by atoms with Gasteiger partial charge in [0.1, 0.15) is 5.75 Å². The van der Waals surface area contributed by atoms with Gasteiger partial charge in [-0.15, -0.1) is 0 Å². The lowest BCUT2D eigenvalue weighted by Crippen LogP contribution is -2.39. The predicted octanol–water partition coefficient (Wildman–Crippen LogP) is 3.84. The number of fused-ring (bicyclic) bond motifs is 1. The average Bonchev–Trinajstić information content (AvgIpc) is 2.65. The standard InChI is InChI=1S/C21H28N2O2/c1-16-8-5-6-12-23(16)13-7-11-22-21(24)19-14-17-9-3-4-10-18(17)15-20(19)25-2/h3-4,9-10,14-16H,5-8,11-13H2,1-2H3,(H,22,24)/t16-/m0/s1. The second-order valence-electron chi connectivity index (χ2n) is 6.89. The van der Waals surface area contributed by atoms with Gasteiger partial charge in [-0.1, -0.05) is 30.7 Å². The zero-order chi connectivity index (χ0) is 17.6. The second kappa shape index (κ2) is 8.34. The summed E-state index contributed by atoms with van der Waals surface area (Å²) in [6.45, 7) is 5.24. The Morgan fingerprint density at radius 3 is 2.72 bits per heavy atom. The van der Waals surface area contributed by atoms with E-state index in [2.05, 4.69) is 17.1 Å². The quantitative estimate of drug-likeness (QED) is 0.812. The summed E-state index contributed by atoms with van der Waals surface area (Å²) < 4.78 is 5.42. The number of carbonyl (C=O) groups excluding carboxylic acids is 1. The lowest BCUT2D eigenvalue weighted by Gasteiger charge is -2.33. The van der Waals surface area contributed by atoms with Crippen molar-refractivity contribution >= 4 is 16.7 Å². The molecule has 0 saturated carbocycles. The molecular formula is C21H28N2O2. The third-order valence-electron chi connectivity index (χ3n) is 5.16. The minimum atomic E-state index is -0.0608. The van der Waals surface area contributed by atoms with Crippen LogP contribution in [0.25, 0.3) is 10.8 Å². The number of methoxy groups -OCH3 is 1. The molecule has 0 unspecified atom stereocenters. The fourth-order valence-corrected chi connectivity index (χ4v) is 3.63. The van der Waals surface area contributed by atoms with Crippen molar-refractivity contribution in [2.75, 3.05) is 26.7 Å². The van der Waals surface area contributed by atoms with E-state index >= 15 is 0 Å². The molecule has 4 heteroatoms. The number of hydrogen-bond donors (Lipinski definition) is 1. The molecule has 1 aliphatic heterocycles. The minimum absolute atomic E-state index is 0.0608. The Labute approximate surface area is 150 Å². The Balaban J connectivity index is 1.58. The van der Waals surface area contributed by atoms with Crippen LogP contribution in [-0.2, 0) is 0 Å². The van der Waals surface area contributed by atoms with Gasteiger partial charge in [0, 0.05) is 19.1 Å². The molecule has 1 amide bonds. The molecule has 1 heterocycles. The van der Waals surface area contributed by atoms with E-state index in [1.54, 1.807) is 7.11 Å². The van der Waals surface area contributed by atoms with E-state index in [1.165, 1.54) is 25.8 Å². The first kappa shape index (κ1) is 17.7. The molecule has 4 nitrogen and oxygen atoms in total. The van der Waals surface area contributed by atoms with Crippen LogP contribution in [0.5, 0.6) is 5.75 Å². The van der Waals surface area contributed by atoms with E-state index in [4.69, 9.17) is 4.74 Å². The summed E-state index contributed by atoms with van der Waals surface area (Å²) in [5.74, 6) is 0.565. The fraction of sp³-hybridized carbons (Fsp3) is 0.476. The number of hydrogen-bond acceptors (Lipinski definition) is 3. The third kappa shape index (κ3) is 4.31. The molecule has 0 bridgehead atoms. The highest BCUT2D eigenvalue weighted by Gasteiger charge is 2.18. The van der Waals surface area contributed by atoms with E-state index in [0.717, 1.165) is 23.7 Å². The highest BCUT2D eigenvalue weighted by molar-refractivity contribution is 6.01. The Morgan fingerprint density at radius 2 is 2.00 bits per heavy atom. The first-order valence-electron chi connectivity index (χ1n) is 9.28. The van der Waals surface area contributed by atoms with Crippen molar-refractivity contribution in [3.63, 3.8) is 0 Å². The number of carbonyl (C=O) groups is 1. The van der Waals surface area contributed by atoms with Crippen LogP contribution in [0, 0.1) is 0 Å². The van der Waals surface area contributed by atoms with Gasteiger partial charge >= 0.3 is 0 Å². The van der Waals surface area contributed by atoms with Gasteiger partial charge in [0.2, 0.25) is 0 Å². The van der Waals surface area contributed by atoms with Crippen molar-refractivity contribution in [2.24, 2.45) is 0 Å². The molecule has 0 spiro atoms.